The summed E-state index contributed by atoms with van der Waals surface area (Å²) in [6, 6.07) is 4.87. The summed E-state index contributed by atoms with van der Waals surface area (Å²) in [5.41, 5.74) is 7.66. The normalized spacial score (nSPS) is 11.5. The zero-order chi connectivity index (χ0) is 12.8. The molecule has 0 radical (unpaired) electrons. The van der Waals surface area contributed by atoms with E-state index in [9.17, 15) is 4.39 Å². The van der Waals surface area contributed by atoms with Gasteiger partial charge in [-0.3, -0.25) is 0 Å². The van der Waals surface area contributed by atoms with Crippen LogP contribution in [0.3, 0.4) is 0 Å². The van der Waals surface area contributed by atoms with Crippen molar-refractivity contribution in [1.29, 1.82) is 0 Å². The highest BCUT2D eigenvalue weighted by Gasteiger charge is 2.06. The lowest BCUT2D eigenvalue weighted by molar-refractivity contribution is 0.302. The number of rotatable bonds is 6. The van der Waals surface area contributed by atoms with Crippen molar-refractivity contribution in [1.82, 2.24) is 4.90 Å². The van der Waals surface area contributed by atoms with Crippen LogP contribution in [0, 0.1) is 11.7 Å². The van der Waals surface area contributed by atoms with Crippen molar-refractivity contribution in [3.63, 3.8) is 0 Å². The quantitative estimate of drug-likeness (QED) is 0.825. The Kier molecular flexibility index (Phi) is 5.59. The van der Waals surface area contributed by atoms with Crippen LogP contribution in [0.1, 0.15) is 31.4 Å². The molecule has 1 aromatic rings. The molecule has 0 saturated heterocycles. The number of hydrogen-bond acceptors (Lipinski definition) is 2. The molecule has 0 aliphatic rings. The number of benzene rings is 1. The maximum absolute atomic E-state index is 13.1. The van der Waals surface area contributed by atoms with E-state index in [4.69, 9.17) is 5.73 Å². The molecule has 0 unspecified atom stereocenters. The monoisotopic (exact) mass is 238 g/mol. The van der Waals surface area contributed by atoms with Gasteiger partial charge in [0.25, 0.3) is 0 Å². The number of halogens is 1. The van der Waals surface area contributed by atoms with E-state index in [1.807, 2.05) is 6.07 Å². The van der Waals surface area contributed by atoms with Crippen LogP contribution in [0.5, 0.6) is 0 Å². The predicted octanol–water partition coefficient (Wildman–Crippen LogP) is 2.76. The molecule has 3 heteroatoms. The largest absolute Gasteiger partial charge is 0.326 e. The summed E-state index contributed by atoms with van der Waals surface area (Å²) in [6.45, 7) is 6.72. The van der Waals surface area contributed by atoms with Gasteiger partial charge >= 0.3 is 0 Å². The van der Waals surface area contributed by atoms with Crippen LogP contribution in [0.2, 0.25) is 0 Å². The van der Waals surface area contributed by atoms with Gasteiger partial charge in [-0.1, -0.05) is 19.9 Å². The van der Waals surface area contributed by atoms with Crippen LogP contribution in [-0.4, -0.2) is 18.5 Å². The molecular weight excluding hydrogens is 215 g/mol. The first-order valence-electron chi connectivity index (χ1n) is 6.18. The van der Waals surface area contributed by atoms with Gasteiger partial charge < -0.3 is 10.6 Å². The molecule has 0 saturated carbocycles. The first-order valence-corrected chi connectivity index (χ1v) is 6.18. The fourth-order valence-corrected chi connectivity index (χ4v) is 1.79. The molecule has 1 aromatic carbocycles. The van der Waals surface area contributed by atoms with E-state index in [1.54, 1.807) is 0 Å². The van der Waals surface area contributed by atoms with Crippen LogP contribution in [-0.2, 0) is 13.1 Å². The highest BCUT2D eigenvalue weighted by atomic mass is 19.1. The lowest BCUT2D eigenvalue weighted by Crippen LogP contribution is -2.21. The van der Waals surface area contributed by atoms with Gasteiger partial charge in [0.05, 0.1) is 0 Å². The lowest BCUT2D eigenvalue weighted by Gasteiger charge is -2.19. The Bertz CT molecular complexity index is 350. The third-order valence-electron chi connectivity index (χ3n) is 2.92. The fraction of sp³-hybridized carbons (Fsp3) is 0.571. The predicted molar refractivity (Wildman–Crippen MR) is 70.1 cm³/mol. The molecule has 0 amide bonds. The van der Waals surface area contributed by atoms with E-state index in [0.717, 1.165) is 24.2 Å². The van der Waals surface area contributed by atoms with Crippen molar-refractivity contribution >= 4 is 0 Å². The summed E-state index contributed by atoms with van der Waals surface area (Å²) >= 11 is 0. The molecule has 2 N–H and O–H groups in total. The molecule has 96 valence electrons. The summed E-state index contributed by atoms with van der Waals surface area (Å²) in [6.07, 6.45) is 1.18. The molecule has 2 nitrogen and oxygen atoms in total. The van der Waals surface area contributed by atoms with Crippen molar-refractivity contribution in [2.45, 2.75) is 33.4 Å². The zero-order valence-electron chi connectivity index (χ0n) is 11.0. The number of nitrogens with zero attached hydrogens (tertiary/aromatic N) is 1. The van der Waals surface area contributed by atoms with Crippen molar-refractivity contribution < 1.29 is 4.39 Å². The Morgan fingerprint density at radius 2 is 2.00 bits per heavy atom. The second-order valence-electron chi connectivity index (χ2n) is 5.04. The Morgan fingerprint density at radius 3 is 2.59 bits per heavy atom. The molecule has 0 fully saturated rings. The summed E-state index contributed by atoms with van der Waals surface area (Å²) in [4.78, 5) is 2.26. The Hall–Kier alpha value is -0.930. The van der Waals surface area contributed by atoms with Gasteiger partial charge in [0.2, 0.25) is 0 Å². The van der Waals surface area contributed by atoms with Gasteiger partial charge in [0, 0.05) is 13.1 Å². The molecule has 0 aliphatic heterocycles. The van der Waals surface area contributed by atoms with Crippen molar-refractivity contribution in [2.75, 3.05) is 13.6 Å². The standard InChI is InChI=1S/C14H23FN2/c1-11(2)6-7-17(3)10-12-4-5-14(15)8-13(12)9-16/h4-5,8,11H,6-7,9-10,16H2,1-3H3. The van der Waals surface area contributed by atoms with Gasteiger partial charge in [-0.25, -0.2) is 4.39 Å². The van der Waals surface area contributed by atoms with Gasteiger partial charge in [-0.2, -0.15) is 0 Å². The van der Waals surface area contributed by atoms with E-state index in [-0.39, 0.29) is 5.82 Å². The van der Waals surface area contributed by atoms with Gasteiger partial charge in [-0.15, -0.1) is 0 Å². The SMILES string of the molecule is CC(C)CCN(C)Cc1ccc(F)cc1CN. The molecule has 17 heavy (non-hydrogen) atoms. The lowest BCUT2D eigenvalue weighted by atomic mass is 10.1. The average Bonchev–Trinajstić information content (AvgIpc) is 2.28. The third kappa shape index (κ3) is 4.84. The molecule has 0 bridgehead atoms. The third-order valence-corrected chi connectivity index (χ3v) is 2.92. The number of hydrogen-bond donors (Lipinski definition) is 1. The first kappa shape index (κ1) is 14.1. The summed E-state index contributed by atoms with van der Waals surface area (Å²) in [5, 5.41) is 0. The Morgan fingerprint density at radius 1 is 1.29 bits per heavy atom. The highest BCUT2D eigenvalue weighted by Crippen LogP contribution is 2.13. The van der Waals surface area contributed by atoms with E-state index in [1.165, 1.54) is 18.6 Å². The van der Waals surface area contributed by atoms with Gasteiger partial charge in [-0.05, 0) is 49.2 Å². The smallest absolute Gasteiger partial charge is 0.123 e. The minimum Gasteiger partial charge on any atom is -0.326 e. The van der Waals surface area contributed by atoms with Crippen molar-refractivity contribution in [3.8, 4) is 0 Å². The second kappa shape index (κ2) is 6.72. The van der Waals surface area contributed by atoms with Crippen LogP contribution in [0.4, 0.5) is 4.39 Å². The van der Waals surface area contributed by atoms with Gasteiger partial charge in [0.1, 0.15) is 5.82 Å². The average molecular weight is 238 g/mol. The van der Waals surface area contributed by atoms with Crippen LogP contribution < -0.4 is 5.73 Å². The summed E-state index contributed by atoms with van der Waals surface area (Å²) in [7, 11) is 2.09. The van der Waals surface area contributed by atoms with Crippen LogP contribution in [0.15, 0.2) is 18.2 Å². The maximum atomic E-state index is 13.1. The summed E-state index contributed by atoms with van der Waals surface area (Å²) in [5.74, 6) is 0.499. The van der Waals surface area contributed by atoms with E-state index >= 15 is 0 Å². The van der Waals surface area contributed by atoms with Crippen LogP contribution in [0.25, 0.3) is 0 Å². The Labute approximate surface area is 104 Å². The minimum atomic E-state index is -0.209. The fourth-order valence-electron chi connectivity index (χ4n) is 1.79. The van der Waals surface area contributed by atoms with E-state index < -0.39 is 0 Å². The molecular formula is C14H23FN2. The molecule has 0 aromatic heterocycles. The highest BCUT2D eigenvalue weighted by molar-refractivity contribution is 5.27. The van der Waals surface area contributed by atoms with Crippen LogP contribution >= 0.6 is 0 Å². The van der Waals surface area contributed by atoms with E-state index in [0.29, 0.717) is 12.5 Å². The summed E-state index contributed by atoms with van der Waals surface area (Å²) < 4.78 is 13.1. The topological polar surface area (TPSA) is 29.3 Å². The Balaban J connectivity index is 2.61. The van der Waals surface area contributed by atoms with E-state index in [2.05, 4.69) is 25.8 Å². The second-order valence-corrected chi connectivity index (χ2v) is 5.04. The first-order chi connectivity index (χ1) is 8.02. The minimum absolute atomic E-state index is 0.209. The molecule has 1 rings (SSSR count). The molecule has 0 aliphatic carbocycles. The van der Waals surface area contributed by atoms with Crippen molar-refractivity contribution in [2.24, 2.45) is 11.7 Å². The molecule has 0 atom stereocenters. The van der Waals surface area contributed by atoms with Crippen molar-refractivity contribution in [3.05, 3.63) is 35.1 Å². The van der Waals surface area contributed by atoms with Gasteiger partial charge in [0.15, 0.2) is 0 Å². The number of nitrogens with two attached hydrogens (primary N) is 1. The molecule has 0 spiro atoms. The zero-order valence-corrected chi connectivity index (χ0v) is 11.0. The molecule has 0 heterocycles. The maximum Gasteiger partial charge on any atom is 0.123 e.